The first kappa shape index (κ1) is 18.7. The minimum Gasteiger partial charge on any atom is -0.385 e. The summed E-state index contributed by atoms with van der Waals surface area (Å²) in [5.74, 6) is 1.21. The van der Waals surface area contributed by atoms with Crippen LogP contribution in [0.2, 0.25) is 0 Å². The number of carbonyl (C=O) groups is 2. The molecule has 4 rings (SSSR count). The van der Waals surface area contributed by atoms with E-state index in [1.54, 1.807) is 23.2 Å². The van der Waals surface area contributed by atoms with Gasteiger partial charge in [-0.25, -0.2) is 4.98 Å². The zero-order chi connectivity index (χ0) is 19.7. The molecule has 3 aliphatic rings. The lowest BCUT2D eigenvalue weighted by molar-refractivity contribution is -0.124. The van der Waals surface area contributed by atoms with Gasteiger partial charge in [0.1, 0.15) is 5.82 Å². The predicted octanol–water partition coefficient (Wildman–Crippen LogP) is 2.87. The van der Waals surface area contributed by atoms with Gasteiger partial charge in [-0.05, 0) is 55.0 Å². The molecule has 0 radical (unpaired) electrons. The average molecular weight is 380 g/mol. The molecule has 1 aromatic rings. The monoisotopic (exact) mass is 380 g/mol. The van der Waals surface area contributed by atoms with Gasteiger partial charge in [-0.1, -0.05) is 12.8 Å². The maximum Gasteiger partial charge on any atom is 0.246 e. The smallest absolute Gasteiger partial charge is 0.246 e. The fraction of sp³-hybridized carbons (Fsp3) is 0.500. The Morgan fingerprint density at radius 2 is 2.14 bits per heavy atom. The molecule has 0 saturated heterocycles. The van der Waals surface area contributed by atoms with Crippen molar-refractivity contribution in [3.63, 3.8) is 0 Å². The summed E-state index contributed by atoms with van der Waals surface area (Å²) in [5, 5.41) is 6.40. The van der Waals surface area contributed by atoms with E-state index < -0.39 is 0 Å². The Bertz CT molecular complexity index is 858. The maximum atomic E-state index is 12.6. The highest BCUT2D eigenvalue weighted by Crippen LogP contribution is 2.36. The standard InChI is InChI=1S/C22H28N4O2/c1-14-18(17-5-3-4-6-19(17)24-14)13-26(2)21(28)10-7-15-11-16-8-9-20(27)25-22(16)23-12-15/h7,10-12,17,19,24H,3-6,8-9,13H2,1-2H3,(H,23,25,27)/b10-7+/t17?,19-/m0/s1. The molecule has 28 heavy (non-hydrogen) atoms. The van der Waals surface area contributed by atoms with Crippen LogP contribution in [0.5, 0.6) is 0 Å². The van der Waals surface area contributed by atoms with Gasteiger partial charge in [0.25, 0.3) is 0 Å². The van der Waals surface area contributed by atoms with Crippen LogP contribution in [0.15, 0.2) is 29.6 Å². The second-order valence-corrected chi connectivity index (χ2v) is 8.14. The fourth-order valence-corrected chi connectivity index (χ4v) is 4.60. The summed E-state index contributed by atoms with van der Waals surface area (Å²) in [4.78, 5) is 30.2. The number of nitrogens with one attached hydrogen (secondary N) is 2. The molecule has 6 heteroatoms. The topological polar surface area (TPSA) is 74.3 Å². The number of likely N-dealkylation sites (N-methyl/N-ethyl adjacent to an activating group) is 1. The minimum atomic E-state index is -0.00872. The normalized spacial score (nSPS) is 23.9. The van der Waals surface area contributed by atoms with Crippen LogP contribution in [0.1, 0.15) is 50.2 Å². The van der Waals surface area contributed by atoms with Crippen LogP contribution in [0.3, 0.4) is 0 Å². The highest BCUT2D eigenvalue weighted by atomic mass is 16.2. The molecule has 1 aromatic heterocycles. The highest BCUT2D eigenvalue weighted by Gasteiger charge is 2.34. The van der Waals surface area contributed by atoms with Crippen molar-refractivity contribution in [2.45, 2.75) is 51.5 Å². The number of hydrogen-bond donors (Lipinski definition) is 2. The van der Waals surface area contributed by atoms with Gasteiger partial charge in [0.05, 0.1) is 0 Å². The second-order valence-electron chi connectivity index (χ2n) is 8.14. The third kappa shape index (κ3) is 3.81. The van der Waals surface area contributed by atoms with Crippen LogP contribution in [0, 0.1) is 5.92 Å². The predicted molar refractivity (Wildman–Crippen MR) is 109 cm³/mol. The summed E-state index contributed by atoms with van der Waals surface area (Å²) in [6, 6.07) is 2.55. The van der Waals surface area contributed by atoms with Gasteiger partial charge in [-0.3, -0.25) is 9.59 Å². The maximum absolute atomic E-state index is 12.6. The number of aromatic nitrogens is 1. The van der Waals surface area contributed by atoms with E-state index in [-0.39, 0.29) is 11.8 Å². The molecule has 2 N–H and O–H groups in total. The molecule has 0 spiro atoms. The van der Waals surface area contributed by atoms with E-state index in [0.29, 0.717) is 37.2 Å². The Hall–Kier alpha value is -2.63. The Morgan fingerprint density at radius 1 is 1.32 bits per heavy atom. The van der Waals surface area contributed by atoms with Gasteiger partial charge in [0.15, 0.2) is 0 Å². The zero-order valence-electron chi connectivity index (χ0n) is 16.6. The molecular formula is C22H28N4O2. The van der Waals surface area contributed by atoms with Gasteiger partial charge in [-0.2, -0.15) is 0 Å². The van der Waals surface area contributed by atoms with E-state index >= 15 is 0 Å². The molecule has 0 bridgehead atoms. The Balaban J connectivity index is 1.39. The molecule has 1 saturated carbocycles. The third-order valence-corrected chi connectivity index (χ3v) is 6.17. The van der Waals surface area contributed by atoms with E-state index in [1.165, 1.54) is 37.0 Å². The number of anilines is 1. The van der Waals surface area contributed by atoms with Gasteiger partial charge in [-0.15, -0.1) is 0 Å². The van der Waals surface area contributed by atoms with Gasteiger partial charge < -0.3 is 15.5 Å². The van der Waals surface area contributed by atoms with E-state index in [1.807, 2.05) is 13.1 Å². The summed E-state index contributed by atoms with van der Waals surface area (Å²) in [6.45, 7) is 2.82. The Kier molecular flexibility index (Phi) is 5.20. The summed E-state index contributed by atoms with van der Waals surface area (Å²) in [5.41, 5.74) is 4.53. The Labute approximate surface area is 166 Å². The first-order chi connectivity index (χ1) is 13.5. The number of pyridine rings is 1. The number of carbonyl (C=O) groups excluding carboxylic acids is 2. The Morgan fingerprint density at radius 3 is 3.00 bits per heavy atom. The molecule has 2 atom stereocenters. The fourth-order valence-electron chi connectivity index (χ4n) is 4.60. The largest absolute Gasteiger partial charge is 0.385 e. The third-order valence-electron chi connectivity index (χ3n) is 6.17. The first-order valence-electron chi connectivity index (χ1n) is 10.2. The summed E-state index contributed by atoms with van der Waals surface area (Å²) in [6.07, 6.45) is 11.3. The van der Waals surface area contributed by atoms with Crippen LogP contribution in [0.25, 0.3) is 6.08 Å². The van der Waals surface area contributed by atoms with Crippen molar-refractivity contribution in [3.8, 4) is 0 Å². The number of amides is 2. The summed E-state index contributed by atoms with van der Waals surface area (Å²) in [7, 11) is 1.86. The molecule has 2 amide bonds. The summed E-state index contributed by atoms with van der Waals surface area (Å²) >= 11 is 0. The quantitative estimate of drug-likeness (QED) is 0.788. The molecule has 1 aliphatic carbocycles. The molecule has 3 heterocycles. The van der Waals surface area contributed by atoms with E-state index in [9.17, 15) is 9.59 Å². The molecule has 1 fully saturated rings. The lowest BCUT2D eigenvalue weighted by Gasteiger charge is -2.28. The molecular weight excluding hydrogens is 352 g/mol. The van der Waals surface area contributed by atoms with Crippen molar-refractivity contribution in [2.75, 3.05) is 18.9 Å². The van der Waals surface area contributed by atoms with Crippen LogP contribution in [-0.2, 0) is 16.0 Å². The first-order valence-corrected chi connectivity index (χ1v) is 10.2. The number of nitrogens with zero attached hydrogens (tertiary/aromatic N) is 2. The lowest BCUT2D eigenvalue weighted by atomic mass is 9.82. The molecule has 2 aliphatic heterocycles. The van der Waals surface area contributed by atoms with Crippen molar-refractivity contribution < 1.29 is 9.59 Å². The molecule has 6 nitrogen and oxygen atoms in total. The van der Waals surface area contributed by atoms with Crippen LogP contribution >= 0.6 is 0 Å². The second kappa shape index (κ2) is 7.78. The minimum absolute atomic E-state index is 0.00583. The van der Waals surface area contributed by atoms with Gasteiger partial charge >= 0.3 is 0 Å². The van der Waals surface area contributed by atoms with Crippen LogP contribution in [0.4, 0.5) is 5.82 Å². The van der Waals surface area contributed by atoms with Crippen molar-refractivity contribution >= 4 is 23.7 Å². The van der Waals surface area contributed by atoms with Crippen molar-refractivity contribution in [1.82, 2.24) is 15.2 Å². The average Bonchev–Trinajstić information content (AvgIpc) is 3.01. The molecule has 1 unspecified atom stereocenters. The van der Waals surface area contributed by atoms with Crippen molar-refractivity contribution in [3.05, 3.63) is 40.7 Å². The lowest BCUT2D eigenvalue weighted by Crippen LogP contribution is -2.33. The van der Waals surface area contributed by atoms with E-state index in [4.69, 9.17) is 0 Å². The number of rotatable bonds is 4. The zero-order valence-corrected chi connectivity index (χ0v) is 16.6. The van der Waals surface area contributed by atoms with Gasteiger partial charge in [0, 0.05) is 49.9 Å². The van der Waals surface area contributed by atoms with Crippen molar-refractivity contribution in [2.24, 2.45) is 5.92 Å². The number of hydrogen-bond acceptors (Lipinski definition) is 4. The molecule has 0 aromatic carbocycles. The van der Waals surface area contributed by atoms with E-state index in [0.717, 1.165) is 11.1 Å². The number of aryl methyl sites for hydroxylation is 1. The summed E-state index contributed by atoms with van der Waals surface area (Å²) < 4.78 is 0. The van der Waals surface area contributed by atoms with E-state index in [2.05, 4.69) is 22.5 Å². The van der Waals surface area contributed by atoms with Crippen LogP contribution < -0.4 is 10.6 Å². The van der Waals surface area contributed by atoms with Gasteiger partial charge in [0.2, 0.25) is 11.8 Å². The SMILES string of the molecule is CC1=C(CN(C)C(=O)/C=C/c2cnc3c(c2)CCC(=O)N3)C2CCCC[C@@H]2N1. The highest BCUT2D eigenvalue weighted by molar-refractivity contribution is 5.93. The number of fused-ring (bicyclic) bond motifs is 2. The molecule has 148 valence electrons. The van der Waals surface area contributed by atoms with Crippen LogP contribution in [-0.4, -0.2) is 41.3 Å². The number of allylic oxidation sites excluding steroid dienone is 1. The van der Waals surface area contributed by atoms with Crippen molar-refractivity contribution in [1.29, 1.82) is 0 Å².